The molecule has 0 amide bonds. The number of methoxy groups -OCH3 is 2. The van der Waals surface area contributed by atoms with Crippen molar-refractivity contribution in [3.63, 3.8) is 0 Å². The Morgan fingerprint density at radius 3 is 2.68 bits per heavy atom. The monoisotopic (exact) mass is 342 g/mol. The number of nitrogens with one attached hydrogen (secondary N) is 1. The SMILES string of the molecule is COC(=O)c1cccnc1Nc1ccc(OC)c(OC2CCCC2)c1. The van der Waals surface area contributed by atoms with Crippen molar-refractivity contribution >= 4 is 17.5 Å². The van der Waals surface area contributed by atoms with E-state index >= 15 is 0 Å². The van der Waals surface area contributed by atoms with Crippen LogP contribution in [-0.4, -0.2) is 31.3 Å². The highest BCUT2D eigenvalue weighted by Gasteiger charge is 2.19. The second-order valence-corrected chi connectivity index (χ2v) is 5.91. The number of benzene rings is 1. The van der Waals surface area contributed by atoms with E-state index in [1.807, 2.05) is 18.2 Å². The molecule has 1 aromatic carbocycles. The summed E-state index contributed by atoms with van der Waals surface area (Å²) in [5, 5.41) is 3.16. The van der Waals surface area contributed by atoms with Crippen LogP contribution < -0.4 is 14.8 Å². The first-order valence-corrected chi connectivity index (χ1v) is 8.36. The van der Waals surface area contributed by atoms with Crippen molar-refractivity contribution in [2.24, 2.45) is 0 Å². The molecule has 2 aromatic rings. The summed E-state index contributed by atoms with van der Waals surface area (Å²) >= 11 is 0. The standard InChI is InChI=1S/C19H22N2O4/c1-23-16-10-9-13(12-17(16)25-14-6-3-4-7-14)21-18-15(19(22)24-2)8-5-11-20-18/h5,8-12,14H,3-4,6-7H2,1-2H3,(H,20,21). The molecule has 1 aromatic heterocycles. The molecule has 0 atom stereocenters. The predicted molar refractivity (Wildman–Crippen MR) is 94.7 cm³/mol. The van der Waals surface area contributed by atoms with Gasteiger partial charge in [0.25, 0.3) is 0 Å². The largest absolute Gasteiger partial charge is 0.493 e. The number of anilines is 2. The fourth-order valence-corrected chi connectivity index (χ4v) is 2.95. The lowest BCUT2D eigenvalue weighted by atomic mass is 10.2. The predicted octanol–water partition coefficient (Wildman–Crippen LogP) is 3.94. The summed E-state index contributed by atoms with van der Waals surface area (Å²) in [4.78, 5) is 16.1. The highest BCUT2D eigenvalue weighted by molar-refractivity contribution is 5.95. The van der Waals surface area contributed by atoms with E-state index in [1.54, 1.807) is 25.4 Å². The van der Waals surface area contributed by atoms with Crippen molar-refractivity contribution in [3.05, 3.63) is 42.1 Å². The number of pyridine rings is 1. The van der Waals surface area contributed by atoms with Gasteiger partial charge in [0.1, 0.15) is 11.4 Å². The summed E-state index contributed by atoms with van der Waals surface area (Å²) in [5.41, 5.74) is 1.14. The molecule has 0 radical (unpaired) electrons. The van der Waals surface area contributed by atoms with Gasteiger partial charge in [-0.15, -0.1) is 0 Å². The number of carbonyl (C=O) groups is 1. The molecule has 6 heteroatoms. The number of esters is 1. The highest BCUT2D eigenvalue weighted by atomic mass is 16.5. The molecular weight excluding hydrogens is 320 g/mol. The van der Waals surface area contributed by atoms with Crippen molar-refractivity contribution in [1.29, 1.82) is 0 Å². The molecule has 1 heterocycles. The van der Waals surface area contributed by atoms with Gasteiger partial charge in [0.2, 0.25) is 0 Å². The van der Waals surface area contributed by atoms with Crippen LogP contribution in [0.3, 0.4) is 0 Å². The van der Waals surface area contributed by atoms with Gasteiger partial charge in [0.15, 0.2) is 11.5 Å². The lowest BCUT2D eigenvalue weighted by Gasteiger charge is -2.17. The summed E-state index contributed by atoms with van der Waals surface area (Å²) in [6.07, 6.45) is 6.36. The molecule has 1 aliphatic carbocycles. The number of rotatable bonds is 6. The Morgan fingerprint density at radius 2 is 1.96 bits per heavy atom. The Morgan fingerprint density at radius 1 is 1.16 bits per heavy atom. The van der Waals surface area contributed by atoms with Crippen LogP contribution in [0.5, 0.6) is 11.5 Å². The fraction of sp³-hybridized carbons (Fsp3) is 0.368. The average molecular weight is 342 g/mol. The minimum absolute atomic E-state index is 0.227. The van der Waals surface area contributed by atoms with Gasteiger partial charge in [-0.25, -0.2) is 9.78 Å². The average Bonchev–Trinajstić information content (AvgIpc) is 3.15. The van der Waals surface area contributed by atoms with Gasteiger partial charge in [-0.3, -0.25) is 0 Å². The van der Waals surface area contributed by atoms with Gasteiger partial charge in [-0.2, -0.15) is 0 Å². The Balaban J connectivity index is 1.84. The van der Waals surface area contributed by atoms with Crippen LogP contribution >= 0.6 is 0 Å². The van der Waals surface area contributed by atoms with Crippen molar-refractivity contribution in [3.8, 4) is 11.5 Å². The van der Waals surface area contributed by atoms with E-state index in [0.29, 0.717) is 22.9 Å². The zero-order valence-electron chi connectivity index (χ0n) is 14.5. The van der Waals surface area contributed by atoms with Crippen LogP contribution in [0.1, 0.15) is 36.0 Å². The normalized spacial score (nSPS) is 14.2. The Labute approximate surface area is 147 Å². The molecule has 1 N–H and O–H groups in total. The van der Waals surface area contributed by atoms with Crippen LogP contribution in [0, 0.1) is 0 Å². The molecule has 0 bridgehead atoms. The van der Waals surface area contributed by atoms with Crippen LogP contribution in [0.2, 0.25) is 0 Å². The van der Waals surface area contributed by atoms with Crippen LogP contribution in [-0.2, 0) is 4.74 Å². The number of ether oxygens (including phenoxy) is 3. The van der Waals surface area contributed by atoms with E-state index in [-0.39, 0.29) is 6.10 Å². The van der Waals surface area contributed by atoms with Gasteiger partial charge in [-0.05, 0) is 49.9 Å². The molecule has 0 saturated heterocycles. The third-order valence-corrected chi connectivity index (χ3v) is 4.24. The Bertz CT molecular complexity index is 742. The number of hydrogen-bond donors (Lipinski definition) is 1. The number of nitrogens with zero attached hydrogens (tertiary/aromatic N) is 1. The maximum atomic E-state index is 11.9. The second kappa shape index (κ2) is 7.88. The van der Waals surface area contributed by atoms with Gasteiger partial charge in [0.05, 0.1) is 20.3 Å². The maximum absolute atomic E-state index is 11.9. The molecule has 25 heavy (non-hydrogen) atoms. The van der Waals surface area contributed by atoms with E-state index in [1.165, 1.54) is 20.0 Å². The lowest BCUT2D eigenvalue weighted by molar-refractivity contribution is 0.0601. The summed E-state index contributed by atoms with van der Waals surface area (Å²) in [7, 11) is 2.97. The first kappa shape index (κ1) is 17.1. The van der Waals surface area contributed by atoms with E-state index in [9.17, 15) is 4.79 Å². The van der Waals surface area contributed by atoms with Crippen LogP contribution in [0.4, 0.5) is 11.5 Å². The van der Waals surface area contributed by atoms with E-state index < -0.39 is 5.97 Å². The Kier molecular flexibility index (Phi) is 5.38. The zero-order chi connectivity index (χ0) is 17.6. The molecular formula is C19H22N2O4. The summed E-state index contributed by atoms with van der Waals surface area (Å²) in [6.45, 7) is 0. The van der Waals surface area contributed by atoms with Crippen molar-refractivity contribution in [2.45, 2.75) is 31.8 Å². The van der Waals surface area contributed by atoms with Crippen LogP contribution in [0.25, 0.3) is 0 Å². The van der Waals surface area contributed by atoms with Crippen LogP contribution in [0.15, 0.2) is 36.5 Å². The smallest absolute Gasteiger partial charge is 0.341 e. The molecule has 1 aliphatic rings. The molecule has 1 fully saturated rings. The highest BCUT2D eigenvalue weighted by Crippen LogP contribution is 2.34. The molecule has 0 spiro atoms. The minimum Gasteiger partial charge on any atom is -0.493 e. The molecule has 6 nitrogen and oxygen atoms in total. The van der Waals surface area contributed by atoms with Gasteiger partial charge in [0, 0.05) is 18.0 Å². The zero-order valence-corrected chi connectivity index (χ0v) is 14.5. The summed E-state index contributed by atoms with van der Waals surface area (Å²) in [5.74, 6) is 1.37. The third kappa shape index (κ3) is 4.02. The molecule has 132 valence electrons. The molecule has 0 unspecified atom stereocenters. The first-order valence-electron chi connectivity index (χ1n) is 8.36. The molecule has 1 saturated carbocycles. The van der Waals surface area contributed by atoms with Crippen molar-refractivity contribution in [2.75, 3.05) is 19.5 Å². The first-order chi connectivity index (χ1) is 12.2. The summed E-state index contributed by atoms with van der Waals surface area (Å²) in [6, 6.07) is 8.93. The van der Waals surface area contributed by atoms with Gasteiger partial charge >= 0.3 is 5.97 Å². The summed E-state index contributed by atoms with van der Waals surface area (Å²) < 4.78 is 16.3. The molecule has 3 rings (SSSR count). The maximum Gasteiger partial charge on any atom is 0.341 e. The number of hydrogen-bond acceptors (Lipinski definition) is 6. The fourth-order valence-electron chi connectivity index (χ4n) is 2.95. The molecule has 0 aliphatic heterocycles. The second-order valence-electron chi connectivity index (χ2n) is 5.91. The van der Waals surface area contributed by atoms with E-state index in [2.05, 4.69) is 10.3 Å². The van der Waals surface area contributed by atoms with Crippen molar-refractivity contribution in [1.82, 2.24) is 4.98 Å². The number of aromatic nitrogens is 1. The van der Waals surface area contributed by atoms with Gasteiger partial charge in [-0.1, -0.05) is 0 Å². The quantitative estimate of drug-likeness (QED) is 0.802. The Hall–Kier alpha value is -2.76. The third-order valence-electron chi connectivity index (χ3n) is 4.24. The minimum atomic E-state index is -0.438. The van der Waals surface area contributed by atoms with E-state index in [4.69, 9.17) is 14.2 Å². The lowest BCUT2D eigenvalue weighted by Crippen LogP contribution is -2.12. The van der Waals surface area contributed by atoms with Gasteiger partial charge < -0.3 is 19.5 Å². The number of carbonyl (C=O) groups excluding carboxylic acids is 1. The van der Waals surface area contributed by atoms with Crippen molar-refractivity contribution < 1.29 is 19.0 Å². The topological polar surface area (TPSA) is 69.7 Å². The van der Waals surface area contributed by atoms with E-state index in [0.717, 1.165) is 18.5 Å².